The number of cyclic esters (lactones) is 1. The number of hydrogen-bond acceptors (Lipinski definition) is 2. The van der Waals surface area contributed by atoms with Gasteiger partial charge in [0.2, 0.25) is 0 Å². The molecule has 1 heterocycles. The molecule has 4 heteroatoms. The molecule has 2 rings (SSSR count). The highest BCUT2D eigenvalue weighted by Crippen LogP contribution is 2.22. The Morgan fingerprint density at radius 1 is 1.50 bits per heavy atom. The van der Waals surface area contributed by atoms with Crippen LogP contribution in [0.3, 0.4) is 0 Å². The van der Waals surface area contributed by atoms with Gasteiger partial charge in [-0.3, -0.25) is 0 Å². The molecule has 1 aliphatic heterocycles. The molecular weight excluding hydrogens is 246 g/mol. The van der Waals surface area contributed by atoms with E-state index in [0.717, 1.165) is 16.5 Å². The Labute approximate surface area is 90.6 Å². The van der Waals surface area contributed by atoms with E-state index in [-0.39, 0.29) is 12.1 Å². The van der Waals surface area contributed by atoms with E-state index >= 15 is 0 Å². The van der Waals surface area contributed by atoms with Crippen LogP contribution >= 0.6 is 15.9 Å². The Kier molecular flexibility index (Phi) is 2.72. The standard InChI is InChI=1S/C10H10BrNO2/c11-8-3-1-2-7(6-8)9-4-5-14-10(13)12-9/h1-3,6,9H,4-5H2,(H,12,13)/t9-/m0/s1. The maximum absolute atomic E-state index is 11.0. The molecule has 0 aromatic heterocycles. The fraction of sp³-hybridized carbons (Fsp3) is 0.300. The molecule has 74 valence electrons. The fourth-order valence-corrected chi connectivity index (χ4v) is 1.92. The third-order valence-electron chi connectivity index (χ3n) is 2.18. The maximum Gasteiger partial charge on any atom is 0.407 e. The maximum atomic E-state index is 11.0. The van der Waals surface area contributed by atoms with Crippen molar-refractivity contribution < 1.29 is 9.53 Å². The van der Waals surface area contributed by atoms with E-state index in [2.05, 4.69) is 21.2 Å². The summed E-state index contributed by atoms with van der Waals surface area (Å²) >= 11 is 3.40. The molecule has 1 saturated heterocycles. The molecule has 0 bridgehead atoms. The second kappa shape index (κ2) is 4.00. The summed E-state index contributed by atoms with van der Waals surface area (Å²) in [4.78, 5) is 11.0. The highest BCUT2D eigenvalue weighted by Gasteiger charge is 2.20. The average Bonchev–Trinajstić information content (AvgIpc) is 2.18. The summed E-state index contributed by atoms with van der Waals surface area (Å²) in [6.45, 7) is 0.489. The minimum absolute atomic E-state index is 0.0775. The number of hydrogen-bond donors (Lipinski definition) is 1. The lowest BCUT2D eigenvalue weighted by molar-refractivity contribution is 0.115. The van der Waals surface area contributed by atoms with Gasteiger partial charge in [0.1, 0.15) is 0 Å². The van der Waals surface area contributed by atoms with Gasteiger partial charge >= 0.3 is 6.09 Å². The predicted octanol–water partition coefficient (Wildman–Crippen LogP) is 2.62. The van der Waals surface area contributed by atoms with Gasteiger partial charge in [-0.2, -0.15) is 0 Å². The van der Waals surface area contributed by atoms with Crippen molar-refractivity contribution in [1.29, 1.82) is 0 Å². The van der Waals surface area contributed by atoms with Crippen LogP contribution in [-0.2, 0) is 4.74 Å². The smallest absolute Gasteiger partial charge is 0.407 e. The van der Waals surface area contributed by atoms with Crippen LogP contribution in [0.15, 0.2) is 28.7 Å². The number of benzene rings is 1. The SMILES string of the molecule is O=C1N[C@H](c2cccc(Br)c2)CCO1. The lowest BCUT2D eigenvalue weighted by atomic mass is 10.0. The van der Waals surface area contributed by atoms with Gasteiger partial charge in [0.05, 0.1) is 12.6 Å². The quantitative estimate of drug-likeness (QED) is 0.838. The van der Waals surface area contributed by atoms with Crippen LogP contribution in [0.2, 0.25) is 0 Å². The topological polar surface area (TPSA) is 38.3 Å². The van der Waals surface area contributed by atoms with Crippen molar-refractivity contribution in [2.45, 2.75) is 12.5 Å². The second-order valence-corrected chi connectivity index (χ2v) is 4.09. The normalized spacial score (nSPS) is 21.2. The van der Waals surface area contributed by atoms with Crippen LogP contribution in [0, 0.1) is 0 Å². The predicted molar refractivity (Wildman–Crippen MR) is 56.0 cm³/mol. The van der Waals surface area contributed by atoms with Crippen LogP contribution in [0.5, 0.6) is 0 Å². The molecule has 1 N–H and O–H groups in total. The van der Waals surface area contributed by atoms with Crippen molar-refractivity contribution in [1.82, 2.24) is 5.32 Å². The summed E-state index contributed by atoms with van der Waals surface area (Å²) in [6, 6.07) is 8.01. The van der Waals surface area contributed by atoms with Crippen LogP contribution < -0.4 is 5.32 Å². The number of halogens is 1. The molecule has 0 spiro atoms. The molecule has 3 nitrogen and oxygen atoms in total. The molecule has 1 aromatic rings. The summed E-state index contributed by atoms with van der Waals surface area (Å²) in [6.07, 6.45) is 0.489. The van der Waals surface area contributed by atoms with Gasteiger partial charge in [-0.1, -0.05) is 28.1 Å². The number of ether oxygens (including phenoxy) is 1. The van der Waals surface area contributed by atoms with Gasteiger partial charge in [-0.05, 0) is 17.7 Å². The Morgan fingerprint density at radius 3 is 3.07 bits per heavy atom. The molecule has 1 atom stereocenters. The Bertz CT molecular complexity index is 354. The molecule has 1 fully saturated rings. The van der Waals surface area contributed by atoms with Gasteiger partial charge in [-0.25, -0.2) is 4.79 Å². The number of nitrogens with one attached hydrogen (secondary N) is 1. The molecule has 0 aliphatic carbocycles. The van der Waals surface area contributed by atoms with E-state index in [1.807, 2.05) is 24.3 Å². The molecule has 0 unspecified atom stereocenters. The first kappa shape index (κ1) is 9.52. The number of amides is 1. The third kappa shape index (κ3) is 2.07. The van der Waals surface area contributed by atoms with Crippen molar-refractivity contribution in [2.24, 2.45) is 0 Å². The fourth-order valence-electron chi connectivity index (χ4n) is 1.50. The van der Waals surface area contributed by atoms with Gasteiger partial charge in [0, 0.05) is 10.9 Å². The summed E-state index contributed by atoms with van der Waals surface area (Å²) in [5.74, 6) is 0. The van der Waals surface area contributed by atoms with Crippen molar-refractivity contribution in [2.75, 3.05) is 6.61 Å². The molecule has 0 saturated carbocycles. The van der Waals surface area contributed by atoms with Crippen molar-refractivity contribution >= 4 is 22.0 Å². The molecule has 1 aliphatic rings. The summed E-state index contributed by atoms with van der Waals surface area (Å²) in [7, 11) is 0. The number of rotatable bonds is 1. The van der Waals surface area contributed by atoms with Crippen LogP contribution in [0.4, 0.5) is 4.79 Å². The Balaban J connectivity index is 2.17. The summed E-state index contributed by atoms with van der Waals surface area (Å²) in [5, 5.41) is 2.78. The lowest BCUT2D eigenvalue weighted by Crippen LogP contribution is -2.35. The van der Waals surface area contributed by atoms with E-state index in [0.29, 0.717) is 6.61 Å². The molecule has 14 heavy (non-hydrogen) atoms. The van der Waals surface area contributed by atoms with Crippen molar-refractivity contribution in [3.8, 4) is 0 Å². The van der Waals surface area contributed by atoms with E-state index in [4.69, 9.17) is 4.74 Å². The van der Waals surface area contributed by atoms with Crippen LogP contribution in [0.25, 0.3) is 0 Å². The van der Waals surface area contributed by atoms with Crippen LogP contribution in [-0.4, -0.2) is 12.7 Å². The molecule has 1 aromatic carbocycles. The third-order valence-corrected chi connectivity index (χ3v) is 2.68. The van der Waals surface area contributed by atoms with E-state index in [1.54, 1.807) is 0 Å². The number of carbonyl (C=O) groups excluding carboxylic acids is 1. The molecule has 0 radical (unpaired) electrons. The minimum atomic E-state index is -0.332. The molecular formula is C10H10BrNO2. The van der Waals surface area contributed by atoms with Gasteiger partial charge in [0.15, 0.2) is 0 Å². The van der Waals surface area contributed by atoms with E-state index in [1.165, 1.54) is 0 Å². The first-order valence-electron chi connectivity index (χ1n) is 4.44. The summed E-state index contributed by atoms with van der Waals surface area (Å²) in [5.41, 5.74) is 1.11. The Morgan fingerprint density at radius 2 is 2.36 bits per heavy atom. The van der Waals surface area contributed by atoms with Gasteiger partial charge < -0.3 is 10.1 Å². The highest BCUT2D eigenvalue weighted by molar-refractivity contribution is 9.10. The van der Waals surface area contributed by atoms with Crippen LogP contribution in [0.1, 0.15) is 18.0 Å². The van der Waals surface area contributed by atoms with Gasteiger partial charge in [-0.15, -0.1) is 0 Å². The summed E-state index contributed by atoms with van der Waals surface area (Å²) < 4.78 is 5.82. The average molecular weight is 256 g/mol. The lowest BCUT2D eigenvalue weighted by Gasteiger charge is -2.23. The monoisotopic (exact) mass is 255 g/mol. The minimum Gasteiger partial charge on any atom is -0.449 e. The first-order valence-corrected chi connectivity index (χ1v) is 5.24. The highest BCUT2D eigenvalue weighted by atomic mass is 79.9. The zero-order valence-corrected chi connectivity index (χ0v) is 9.08. The second-order valence-electron chi connectivity index (χ2n) is 3.18. The molecule has 1 amide bonds. The van der Waals surface area contributed by atoms with E-state index < -0.39 is 0 Å². The zero-order valence-electron chi connectivity index (χ0n) is 7.50. The van der Waals surface area contributed by atoms with E-state index in [9.17, 15) is 4.79 Å². The Hall–Kier alpha value is -1.03. The first-order chi connectivity index (χ1) is 6.75. The van der Waals surface area contributed by atoms with Gasteiger partial charge in [0.25, 0.3) is 0 Å². The largest absolute Gasteiger partial charge is 0.449 e. The number of alkyl carbamates (subject to hydrolysis) is 1. The number of carbonyl (C=O) groups is 1. The zero-order chi connectivity index (χ0) is 9.97. The van der Waals surface area contributed by atoms with Crippen molar-refractivity contribution in [3.63, 3.8) is 0 Å². The van der Waals surface area contributed by atoms with Crippen molar-refractivity contribution in [3.05, 3.63) is 34.3 Å².